The van der Waals surface area contributed by atoms with Gasteiger partial charge in [-0.3, -0.25) is 0 Å². The Morgan fingerprint density at radius 1 is 1.15 bits per heavy atom. The van der Waals surface area contributed by atoms with E-state index in [1.165, 1.54) is 25.0 Å². The summed E-state index contributed by atoms with van der Waals surface area (Å²) >= 11 is 0. The van der Waals surface area contributed by atoms with Crippen LogP contribution >= 0.6 is 0 Å². The number of hydrogen-bond donors (Lipinski definition) is 1. The molecule has 1 aromatic carbocycles. The minimum absolute atomic E-state index is 0.171. The SMILES string of the molecule is CCCN(c1c(F)cc(CNC2CC2)cc1F)C1CC1. The summed E-state index contributed by atoms with van der Waals surface area (Å²) in [6.45, 7) is 3.31. The monoisotopic (exact) mass is 280 g/mol. The molecule has 4 heteroatoms. The lowest BCUT2D eigenvalue weighted by atomic mass is 10.1. The summed E-state index contributed by atoms with van der Waals surface area (Å²) in [4.78, 5) is 1.91. The lowest BCUT2D eigenvalue weighted by molar-refractivity contribution is 0.560. The van der Waals surface area contributed by atoms with E-state index in [2.05, 4.69) is 5.32 Å². The van der Waals surface area contributed by atoms with Gasteiger partial charge in [0.2, 0.25) is 0 Å². The van der Waals surface area contributed by atoms with Crippen molar-refractivity contribution in [1.29, 1.82) is 0 Å². The third kappa shape index (κ3) is 3.11. The van der Waals surface area contributed by atoms with E-state index < -0.39 is 11.6 Å². The van der Waals surface area contributed by atoms with Gasteiger partial charge in [-0.25, -0.2) is 8.78 Å². The van der Waals surface area contributed by atoms with E-state index in [1.54, 1.807) is 0 Å². The van der Waals surface area contributed by atoms with Crippen LogP contribution < -0.4 is 10.2 Å². The van der Waals surface area contributed by atoms with Gasteiger partial charge in [0.25, 0.3) is 0 Å². The minimum Gasteiger partial charge on any atom is -0.364 e. The van der Waals surface area contributed by atoms with Crippen LogP contribution in [0, 0.1) is 11.6 Å². The van der Waals surface area contributed by atoms with E-state index in [-0.39, 0.29) is 5.69 Å². The Hall–Kier alpha value is -1.16. The van der Waals surface area contributed by atoms with Crippen molar-refractivity contribution in [3.8, 4) is 0 Å². The van der Waals surface area contributed by atoms with Gasteiger partial charge in [-0.2, -0.15) is 0 Å². The number of halogens is 2. The fraction of sp³-hybridized carbons (Fsp3) is 0.625. The fourth-order valence-corrected chi connectivity index (χ4v) is 2.65. The Morgan fingerprint density at radius 2 is 1.80 bits per heavy atom. The summed E-state index contributed by atoms with van der Waals surface area (Å²) in [7, 11) is 0. The molecular weight excluding hydrogens is 258 g/mol. The van der Waals surface area contributed by atoms with Gasteiger partial charge < -0.3 is 10.2 Å². The van der Waals surface area contributed by atoms with E-state index in [0.717, 1.165) is 25.8 Å². The molecule has 0 bridgehead atoms. The van der Waals surface area contributed by atoms with Crippen LogP contribution in [0.4, 0.5) is 14.5 Å². The highest BCUT2D eigenvalue weighted by atomic mass is 19.1. The molecule has 0 saturated heterocycles. The van der Waals surface area contributed by atoms with Crippen molar-refractivity contribution in [2.45, 2.75) is 57.7 Å². The molecule has 1 N–H and O–H groups in total. The second-order valence-electron chi connectivity index (χ2n) is 5.99. The molecule has 0 unspecified atom stereocenters. The van der Waals surface area contributed by atoms with E-state index in [9.17, 15) is 8.78 Å². The summed E-state index contributed by atoms with van der Waals surface area (Å²) < 4.78 is 28.6. The molecule has 3 rings (SSSR count). The Bertz CT molecular complexity index is 458. The molecule has 2 aliphatic rings. The second-order valence-corrected chi connectivity index (χ2v) is 5.99. The smallest absolute Gasteiger partial charge is 0.149 e. The van der Waals surface area contributed by atoms with Crippen molar-refractivity contribution in [2.24, 2.45) is 0 Å². The van der Waals surface area contributed by atoms with Crippen LogP contribution in [0.5, 0.6) is 0 Å². The zero-order chi connectivity index (χ0) is 14.1. The van der Waals surface area contributed by atoms with Crippen LogP contribution in [0.15, 0.2) is 12.1 Å². The van der Waals surface area contributed by atoms with Gasteiger partial charge in [-0.15, -0.1) is 0 Å². The topological polar surface area (TPSA) is 15.3 Å². The summed E-state index contributed by atoms with van der Waals surface area (Å²) in [5.41, 5.74) is 0.868. The Labute approximate surface area is 119 Å². The highest BCUT2D eigenvalue weighted by molar-refractivity contribution is 5.52. The molecule has 0 aliphatic heterocycles. The maximum atomic E-state index is 14.3. The number of rotatable bonds is 7. The minimum atomic E-state index is -0.419. The molecule has 1 aromatic rings. The Morgan fingerprint density at radius 3 is 2.30 bits per heavy atom. The van der Waals surface area contributed by atoms with Gasteiger partial charge in [-0.05, 0) is 49.8 Å². The van der Waals surface area contributed by atoms with Crippen LogP contribution in [0.3, 0.4) is 0 Å². The van der Waals surface area contributed by atoms with Crippen molar-refractivity contribution < 1.29 is 8.78 Å². The lowest BCUT2D eigenvalue weighted by Gasteiger charge is -2.25. The van der Waals surface area contributed by atoms with Gasteiger partial charge >= 0.3 is 0 Å². The molecule has 2 nitrogen and oxygen atoms in total. The first-order valence-electron chi connectivity index (χ1n) is 7.67. The predicted molar refractivity (Wildman–Crippen MR) is 76.9 cm³/mol. The normalized spacial score (nSPS) is 18.4. The molecule has 20 heavy (non-hydrogen) atoms. The quantitative estimate of drug-likeness (QED) is 0.821. The Kier molecular flexibility index (Phi) is 3.92. The van der Waals surface area contributed by atoms with E-state index in [1.807, 2.05) is 11.8 Å². The average molecular weight is 280 g/mol. The van der Waals surface area contributed by atoms with Gasteiger partial charge in [0.1, 0.15) is 17.3 Å². The van der Waals surface area contributed by atoms with E-state index in [4.69, 9.17) is 0 Å². The van der Waals surface area contributed by atoms with Crippen molar-refractivity contribution >= 4 is 5.69 Å². The van der Waals surface area contributed by atoms with Crippen molar-refractivity contribution in [2.75, 3.05) is 11.4 Å². The van der Waals surface area contributed by atoms with Crippen LogP contribution in [0.2, 0.25) is 0 Å². The highest BCUT2D eigenvalue weighted by Gasteiger charge is 2.32. The van der Waals surface area contributed by atoms with E-state index >= 15 is 0 Å². The first kappa shape index (κ1) is 13.8. The molecule has 2 aliphatic carbocycles. The third-order valence-electron chi connectivity index (χ3n) is 3.99. The fourth-order valence-electron chi connectivity index (χ4n) is 2.65. The van der Waals surface area contributed by atoms with Crippen LogP contribution in [-0.2, 0) is 6.54 Å². The zero-order valence-corrected chi connectivity index (χ0v) is 12.0. The van der Waals surface area contributed by atoms with Gasteiger partial charge in [-0.1, -0.05) is 6.92 Å². The average Bonchev–Trinajstić information content (AvgIpc) is 3.28. The molecule has 0 atom stereocenters. The molecule has 110 valence electrons. The number of benzene rings is 1. The first-order chi connectivity index (χ1) is 9.69. The van der Waals surface area contributed by atoms with Crippen molar-refractivity contribution in [3.63, 3.8) is 0 Å². The highest BCUT2D eigenvalue weighted by Crippen LogP contribution is 2.35. The van der Waals surface area contributed by atoms with E-state index in [0.29, 0.717) is 24.2 Å². The maximum absolute atomic E-state index is 14.3. The first-order valence-corrected chi connectivity index (χ1v) is 7.67. The molecule has 2 fully saturated rings. The predicted octanol–water partition coefficient (Wildman–Crippen LogP) is 3.60. The lowest BCUT2D eigenvalue weighted by Crippen LogP contribution is -2.28. The van der Waals surface area contributed by atoms with Crippen molar-refractivity contribution in [3.05, 3.63) is 29.3 Å². The van der Waals surface area contributed by atoms with Gasteiger partial charge in [0, 0.05) is 25.2 Å². The molecule has 0 amide bonds. The summed E-state index contributed by atoms with van der Waals surface area (Å²) in [5.74, 6) is -0.837. The van der Waals surface area contributed by atoms with Crippen LogP contribution in [-0.4, -0.2) is 18.6 Å². The zero-order valence-electron chi connectivity index (χ0n) is 12.0. The molecular formula is C16H22F2N2. The Balaban J connectivity index is 1.78. The third-order valence-corrected chi connectivity index (χ3v) is 3.99. The number of hydrogen-bond acceptors (Lipinski definition) is 2. The number of nitrogens with zero attached hydrogens (tertiary/aromatic N) is 1. The number of anilines is 1. The summed E-state index contributed by atoms with van der Waals surface area (Å²) in [6, 6.07) is 3.84. The standard InChI is InChI=1S/C16H22F2N2/c1-2-7-20(13-5-6-13)16-14(17)8-11(9-15(16)18)10-19-12-3-4-12/h8-9,12-13,19H,2-7,10H2,1H3. The van der Waals surface area contributed by atoms with Gasteiger partial charge in [0.05, 0.1) is 0 Å². The molecule has 2 saturated carbocycles. The maximum Gasteiger partial charge on any atom is 0.149 e. The second kappa shape index (κ2) is 5.68. The van der Waals surface area contributed by atoms with Crippen molar-refractivity contribution in [1.82, 2.24) is 5.32 Å². The van der Waals surface area contributed by atoms with Gasteiger partial charge in [0.15, 0.2) is 0 Å². The molecule has 0 heterocycles. The molecule has 0 radical (unpaired) electrons. The largest absolute Gasteiger partial charge is 0.364 e. The van der Waals surface area contributed by atoms with Crippen LogP contribution in [0.1, 0.15) is 44.6 Å². The van der Waals surface area contributed by atoms with Crippen LogP contribution in [0.25, 0.3) is 0 Å². The number of nitrogens with one attached hydrogen (secondary N) is 1. The summed E-state index contributed by atoms with van der Waals surface area (Å²) in [6.07, 6.45) is 5.35. The summed E-state index contributed by atoms with van der Waals surface area (Å²) in [5, 5.41) is 3.29. The molecule has 0 spiro atoms. The molecule has 0 aromatic heterocycles.